The summed E-state index contributed by atoms with van der Waals surface area (Å²) < 4.78 is 29.5. The highest BCUT2D eigenvalue weighted by atomic mass is 32.2. The highest BCUT2D eigenvalue weighted by Crippen LogP contribution is 2.28. The second kappa shape index (κ2) is 5.50. The van der Waals surface area contributed by atoms with Crippen LogP contribution >= 0.6 is 0 Å². The lowest BCUT2D eigenvalue weighted by Gasteiger charge is -2.22. The van der Waals surface area contributed by atoms with E-state index in [-0.39, 0.29) is 6.54 Å². The van der Waals surface area contributed by atoms with Crippen molar-refractivity contribution in [2.24, 2.45) is 0 Å². The van der Waals surface area contributed by atoms with Gasteiger partial charge in [-0.05, 0) is 11.5 Å². The lowest BCUT2D eigenvalue weighted by Crippen LogP contribution is -2.35. The summed E-state index contributed by atoms with van der Waals surface area (Å²) in [5, 5.41) is 1.67. The van der Waals surface area contributed by atoms with Crippen molar-refractivity contribution >= 4 is 32.5 Å². The Balaban J connectivity index is 2.60. The molecule has 0 aliphatic heterocycles. The smallest absolute Gasteiger partial charge is 0.326 e. The van der Waals surface area contributed by atoms with Crippen molar-refractivity contribution in [3.05, 3.63) is 42.5 Å². The number of benzene rings is 2. The molecule has 20 heavy (non-hydrogen) atoms. The molecule has 0 aliphatic carbocycles. The fraction of sp³-hybridized carbons (Fsp3) is 0.214. The van der Waals surface area contributed by atoms with Crippen LogP contribution in [0.2, 0.25) is 0 Å². The third-order valence-corrected chi connectivity index (χ3v) is 4.06. The van der Waals surface area contributed by atoms with Crippen molar-refractivity contribution in [1.82, 2.24) is 0 Å². The van der Waals surface area contributed by atoms with Crippen LogP contribution in [0.1, 0.15) is 0 Å². The van der Waals surface area contributed by atoms with Gasteiger partial charge in [0.15, 0.2) is 0 Å². The molecular formula is C14H15NO4S. The molecule has 0 aromatic heterocycles. The Morgan fingerprint density at radius 1 is 1.15 bits per heavy atom. The van der Waals surface area contributed by atoms with Crippen LogP contribution in [0, 0.1) is 0 Å². The number of nitrogens with zero attached hydrogens (tertiary/aromatic N) is 1. The van der Waals surface area contributed by atoms with E-state index >= 15 is 0 Å². The molecule has 0 radical (unpaired) electrons. The van der Waals surface area contributed by atoms with E-state index in [2.05, 4.69) is 4.74 Å². The first-order valence-electron chi connectivity index (χ1n) is 5.96. The van der Waals surface area contributed by atoms with E-state index in [1.807, 2.05) is 30.3 Å². The van der Waals surface area contributed by atoms with Crippen LogP contribution in [0.5, 0.6) is 0 Å². The normalized spacial score (nSPS) is 11.3. The Kier molecular flexibility index (Phi) is 3.94. The maximum atomic E-state index is 11.9. The van der Waals surface area contributed by atoms with Crippen LogP contribution < -0.4 is 4.31 Å². The molecule has 5 nitrogen and oxygen atoms in total. The SMILES string of the molecule is COC(=O)CN(c1cccc2ccccc12)S(C)(=O)=O. The van der Waals surface area contributed by atoms with Gasteiger partial charge in [-0.3, -0.25) is 9.10 Å². The topological polar surface area (TPSA) is 63.7 Å². The van der Waals surface area contributed by atoms with Gasteiger partial charge in [0.25, 0.3) is 0 Å². The summed E-state index contributed by atoms with van der Waals surface area (Å²) in [6.45, 7) is -0.344. The van der Waals surface area contributed by atoms with E-state index in [1.165, 1.54) is 7.11 Å². The Bertz CT molecular complexity index is 734. The number of carbonyl (C=O) groups is 1. The minimum Gasteiger partial charge on any atom is -0.468 e. The maximum Gasteiger partial charge on any atom is 0.326 e. The van der Waals surface area contributed by atoms with E-state index in [0.717, 1.165) is 21.3 Å². The molecule has 0 fully saturated rings. The van der Waals surface area contributed by atoms with Gasteiger partial charge in [0.05, 0.1) is 19.1 Å². The molecule has 2 aromatic rings. The minimum absolute atomic E-state index is 0.344. The van der Waals surface area contributed by atoms with Gasteiger partial charge in [-0.25, -0.2) is 8.42 Å². The van der Waals surface area contributed by atoms with Gasteiger partial charge in [0.2, 0.25) is 10.0 Å². The van der Waals surface area contributed by atoms with Crippen molar-refractivity contribution in [3.63, 3.8) is 0 Å². The summed E-state index contributed by atoms with van der Waals surface area (Å²) in [7, 11) is -2.35. The van der Waals surface area contributed by atoms with Gasteiger partial charge >= 0.3 is 5.97 Å². The highest BCUT2D eigenvalue weighted by Gasteiger charge is 2.22. The predicted octanol–water partition coefficient (Wildman–Crippen LogP) is 1.78. The van der Waals surface area contributed by atoms with Gasteiger partial charge in [-0.1, -0.05) is 36.4 Å². The summed E-state index contributed by atoms with van der Waals surface area (Å²) in [5.41, 5.74) is 0.469. The van der Waals surface area contributed by atoms with Crippen molar-refractivity contribution in [2.75, 3.05) is 24.2 Å². The van der Waals surface area contributed by atoms with E-state index in [0.29, 0.717) is 5.69 Å². The molecule has 0 heterocycles. The minimum atomic E-state index is -3.58. The summed E-state index contributed by atoms with van der Waals surface area (Å²) in [6, 6.07) is 12.7. The highest BCUT2D eigenvalue weighted by molar-refractivity contribution is 7.92. The molecule has 0 saturated carbocycles. The quantitative estimate of drug-likeness (QED) is 0.806. The monoisotopic (exact) mass is 293 g/mol. The molecule has 2 aromatic carbocycles. The number of hydrogen-bond acceptors (Lipinski definition) is 4. The molecule has 0 unspecified atom stereocenters. The van der Waals surface area contributed by atoms with Gasteiger partial charge in [-0.2, -0.15) is 0 Å². The molecule has 106 valence electrons. The van der Waals surface area contributed by atoms with Crippen LogP contribution in [0.15, 0.2) is 42.5 Å². The third-order valence-electron chi connectivity index (χ3n) is 2.94. The Morgan fingerprint density at radius 3 is 2.45 bits per heavy atom. The Hall–Kier alpha value is -2.08. The molecule has 0 aliphatic rings. The van der Waals surface area contributed by atoms with Crippen LogP contribution in [-0.2, 0) is 19.6 Å². The fourth-order valence-electron chi connectivity index (χ4n) is 1.99. The number of rotatable bonds is 4. The van der Waals surface area contributed by atoms with Gasteiger partial charge in [0.1, 0.15) is 6.54 Å². The van der Waals surface area contributed by atoms with E-state index in [9.17, 15) is 13.2 Å². The first kappa shape index (κ1) is 14.3. The number of methoxy groups -OCH3 is 1. The zero-order valence-corrected chi connectivity index (χ0v) is 12.1. The molecule has 0 N–H and O–H groups in total. The number of anilines is 1. The fourth-order valence-corrected chi connectivity index (χ4v) is 2.85. The summed E-state index contributed by atoms with van der Waals surface area (Å²) in [5.74, 6) is -0.608. The molecule has 2 rings (SSSR count). The number of carbonyl (C=O) groups excluding carboxylic acids is 1. The number of fused-ring (bicyclic) bond motifs is 1. The number of hydrogen-bond donors (Lipinski definition) is 0. The Labute approximate surface area is 117 Å². The molecule has 0 spiro atoms. The lowest BCUT2D eigenvalue weighted by molar-refractivity contribution is -0.138. The van der Waals surface area contributed by atoms with Gasteiger partial charge < -0.3 is 4.74 Å². The molecule has 6 heteroatoms. The van der Waals surface area contributed by atoms with Crippen molar-refractivity contribution in [1.29, 1.82) is 0 Å². The van der Waals surface area contributed by atoms with Crippen molar-refractivity contribution in [3.8, 4) is 0 Å². The number of ether oxygens (including phenoxy) is 1. The van der Waals surface area contributed by atoms with E-state index < -0.39 is 16.0 Å². The first-order valence-corrected chi connectivity index (χ1v) is 7.80. The average Bonchev–Trinajstić information content (AvgIpc) is 2.43. The summed E-state index contributed by atoms with van der Waals surface area (Å²) >= 11 is 0. The zero-order chi connectivity index (χ0) is 14.8. The van der Waals surface area contributed by atoms with Crippen molar-refractivity contribution in [2.45, 2.75) is 0 Å². The van der Waals surface area contributed by atoms with E-state index in [4.69, 9.17) is 0 Å². The van der Waals surface area contributed by atoms with Crippen LogP contribution in [-0.4, -0.2) is 34.3 Å². The van der Waals surface area contributed by atoms with Crippen LogP contribution in [0.4, 0.5) is 5.69 Å². The van der Waals surface area contributed by atoms with Gasteiger partial charge in [-0.15, -0.1) is 0 Å². The molecular weight excluding hydrogens is 278 g/mol. The first-order chi connectivity index (χ1) is 9.43. The second-order valence-corrected chi connectivity index (χ2v) is 6.25. The second-order valence-electron chi connectivity index (χ2n) is 4.34. The van der Waals surface area contributed by atoms with Crippen molar-refractivity contribution < 1.29 is 17.9 Å². The summed E-state index contributed by atoms with van der Waals surface area (Å²) in [6.07, 6.45) is 1.07. The average molecular weight is 293 g/mol. The maximum absolute atomic E-state index is 11.9. The largest absolute Gasteiger partial charge is 0.468 e. The Morgan fingerprint density at radius 2 is 1.80 bits per heavy atom. The molecule has 0 amide bonds. The predicted molar refractivity (Wildman–Crippen MR) is 78.2 cm³/mol. The molecule has 0 atom stereocenters. The zero-order valence-electron chi connectivity index (χ0n) is 11.2. The van der Waals surface area contributed by atoms with Crippen LogP contribution in [0.25, 0.3) is 10.8 Å². The lowest BCUT2D eigenvalue weighted by atomic mass is 10.1. The van der Waals surface area contributed by atoms with Crippen LogP contribution in [0.3, 0.4) is 0 Å². The molecule has 0 saturated heterocycles. The summed E-state index contributed by atoms with van der Waals surface area (Å²) in [4.78, 5) is 11.4. The molecule has 0 bridgehead atoms. The third kappa shape index (κ3) is 2.91. The number of sulfonamides is 1. The van der Waals surface area contributed by atoms with Gasteiger partial charge in [0, 0.05) is 5.39 Å². The number of esters is 1. The van der Waals surface area contributed by atoms with E-state index in [1.54, 1.807) is 12.1 Å². The standard InChI is InChI=1S/C14H15NO4S/c1-19-14(16)10-15(20(2,17)18)13-9-5-7-11-6-3-4-8-12(11)13/h3-9H,10H2,1-2H3.